The Kier molecular flexibility index (Phi) is 32.9. The van der Waals surface area contributed by atoms with E-state index in [0.29, 0.717) is 0 Å². The smallest absolute Gasteiger partial charge is 0.0809 e. The van der Waals surface area contributed by atoms with Crippen molar-refractivity contribution in [3.05, 3.63) is 153 Å². The molecule has 190 valence electrons. The average Bonchev–Trinajstić information content (AvgIpc) is 3.73. The topological polar surface area (TPSA) is 0 Å². The number of allylic oxidation sites excluding steroid dienone is 4. The van der Waals surface area contributed by atoms with Crippen LogP contribution in [0, 0.1) is 32.1 Å². The molecule has 1 aliphatic rings. The van der Waals surface area contributed by atoms with Crippen molar-refractivity contribution in [2.24, 2.45) is 0 Å². The van der Waals surface area contributed by atoms with Crippen LogP contribution in [-0.4, -0.2) is 6.88 Å². The summed E-state index contributed by atoms with van der Waals surface area (Å²) in [5.74, 6) is 0. The first kappa shape index (κ1) is 36.0. The van der Waals surface area contributed by atoms with Gasteiger partial charge in [-0.05, 0) is 0 Å². The van der Waals surface area contributed by atoms with Crippen molar-refractivity contribution in [3.63, 3.8) is 0 Å². The monoisotopic (exact) mass is 566 g/mol. The number of benzene rings is 3. The van der Waals surface area contributed by atoms with Crippen molar-refractivity contribution >= 4 is 17.7 Å². The van der Waals surface area contributed by atoms with Crippen LogP contribution in [0.2, 0.25) is 0 Å². The fourth-order valence-electron chi connectivity index (χ4n) is 2.09. The second-order valence-corrected chi connectivity index (χ2v) is 7.02. The summed E-state index contributed by atoms with van der Waals surface area (Å²) in [6.07, 6.45) is 14.6. The Morgan fingerprint density at radius 1 is 0.778 bits per heavy atom. The molecule has 0 bridgehead atoms. The van der Waals surface area contributed by atoms with Gasteiger partial charge >= 0.3 is 30.2 Å². The van der Waals surface area contributed by atoms with Crippen LogP contribution in [0.25, 0.3) is 10.8 Å². The Morgan fingerprint density at radius 3 is 1.56 bits per heavy atom. The summed E-state index contributed by atoms with van der Waals surface area (Å²) in [7, 11) is 0. The molecule has 0 heterocycles. The second-order valence-electron chi connectivity index (χ2n) is 7.02. The third-order valence-corrected chi connectivity index (χ3v) is 4.05. The van der Waals surface area contributed by atoms with E-state index in [-0.39, 0.29) is 0 Å². The normalized spacial score (nSPS) is 9.42. The van der Waals surface area contributed by atoms with E-state index >= 15 is 0 Å². The zero-order valence-electron chi connectivity index (χ0n) is 22.0. The predicted octanol–water partition coefficient (Wildman–Crippen LogP) is 9.70. The van der Waals surface area contributed by atoms with Crippen LogP contribution >= 0.6 is 0 Å². The average molecular weight is 568 g/mol. The molecule has 0 saturated carbocycles. The summed E-state index contributed by atoms with van der Waals surface area (Å²) < 4.78 is 0. The standard InChI is InChI=1S/C9H7.2C6H5.C5H5.2C4H9.Si.Zr/c1-2-5-9-7-3-6-8(9)4-1;2*1-2-4-6-5-3-1;1-2-4-5-3-1;2*1-3-4-2;;/h1-7H;2*1-5H;1-3H,4H2;2*1,3-4H2,2H3;;/q6*-1;;. The molecule has 0 fully saturated rings. The van der Waals surface area contributed by atoms with Gasteiger partial charge in [0.05, 0.1) is 0 Å². The Hall–Kier alpha value is -2.15. The molecule has 2 radical (unpaired) electrons. The second kappa shape index (κ2) is 32.8. The molecule has 0 nitrogen and oxygen atoms in total. The van der Waals surface area contributed by atoms with Crippen LogP contribution in [0.15, 0.2) is 121 Å². The number of hydrogen-bond acceptors (Lipinski definition) is 0. The van der Waals surface area contributed by atoms with Gasteiger partial charge in [-0.15, -0.1) is 36.1 Å². The van der Waals surface area contributed by atoms with Crippen LogP contribution in [-0.2, 0) is 23.3 Å². The van der Waals surface area contributed by atoms with E-state index in [9.17, 15) is 0 Å². The first-order valence-electron chi connectivity index (χ1n) is 12.3. The summed E-state index contributed by atoms with van der Waals surface area (Å²) in [5.41, 5.74) is 0. The van der Waals surface area contributed by atoms with Crippen molar-refractivity contribution in [3.8, 4) is 0 Å². The van der Waals surface area contributed by atoms with Crippen LogP contribution < -0.4 is 0 Å². The molecule has 1 aliphatic carbocycles. The van der Waals surface area contributed by atoms with E-state index < -0.39 is 0 Å². The number of fused-ring (bicyclic) bond motifs is 1. The van der Waals surface area contributed by atoms with E-state index in [0.717, 1.165) is 19.3 Å². The van der Waals surface area contributed by atoms with Crippen molar-refractivity contribution in [1.29, 1.82) is 0 Å². The van der Waals surface area contributed by atoms with Gasteiger partial charge in [0.2, 0.25) is 0 Å². The van der Waals surface area contributed by atoms with Crippen molar-refractivity contribution in [2.45, 2.75) is 46.0 Å². The Morgan fingerprint density at radius 2 is 1.28 bits per heavy atom. The maximum Gasteiger partial charge on any atom is -0.0809 e. The Bertz CT molecular complexity index is 809. The minimum absolute atomic E-state index is 1.01. The third-order valence-electron chi connectivity index (χ3n) is 4.05. The van der Waals surface area contributed by atoms with E-state index in [1.807, 2.05) is 72.8 Å². The quantitative estimate of drug-likeness (QED) is 0.167. The summed E-state index contributed by atoms with van der Waals surface area (Å²) in [6, 6.07) is 39.7. The molecule has 0 N–H and O–H groups in total. The first-order chi connectivity index (χ1) is 17.8. The van der Waals surface area contributed by atoms with Crippen molar-refractivity contribution < 1.29 is 23.3 Å². The van der Waals surface area contributed by atoms with Gasteiger partial charge in [0.25, 0.3) is 0 Å². The summed E-state index contributed by atoms with van der Waals surface area (Å²) in [6.45, 7) is 14.5. The van der Waals surface area contributed by atoms with Gasteiger partial charge in [0.15, 0.2) is 0 Å². The molecule has 5 rings (SSSR count). The number of hydrogen-bond donors (Lipinski definition) is 0. The molecule has 4 aromatic carbocycles. The van der Waals surface area contributed by atoms with Crippen LogP contribution in [0.3, 0.4) is 0 Å². The fraction of sp³-hybridized carbons (Fsp3) is 0.206. The molecular weight excluding hydrogens is 528 g/mol. The largest absolute Gasteiger partial charge is 0.184 e. The fourth-order valence-corrected chi connectivity index (χ4v) is 2.09. The van der Waals surface area contributed by atoms with E-state index in [2.05, 4.69) is 101 Å². The molecule has 0 atom stereocenters. The first-order valence-corrected chi connectivity index (χ1v) is 16.5. The molecule has 0 aromatic heterocycles. The molecule has 2 heteroatoms. The summed E-state index contributed by atoms with van der Waals surface area (Å²) in [4.78, 5) is 0. The van der Waals surface area contributed by atoms with Crippen LogP contribution in [0.1, 0.15) is 46.0 Å². The van der Waals surface area contributed by atoms with Gasteiger partial charge < -0.3 is 13.8 Å². The molecule has 0 amide bonds. The Labute approximate surface area is 239 Å². The molecule has 0 unspecified atom stereocenters. The van der Waals surface area contributed by atoms with Gasteiger partial charge in [-0.2, -0.15) is 109 Å². The molecule has 0 spiro atoms. The van der Waals surface area contributed by atoms with Gasteiger partial charge in [0.1, 0.15) is 0 Å². The molecule has 0 aliphatic heterocycles. The Balaban J connectivity index is 0. The maximum atomic E-state index is 3.60. The zero-order chi connectivity index (χ0) is 27.0. The number of unbranched alkanes of at least 4 members (excludes halogenated alkanes) is 2. The molecule has 4 aromatic rings. The van der Waals surface area contributed by atoms with Gasteiger partial charge in [-0.3, -0.25) is 6.08 Å². The van der Waals surface area contributed by atoms with Crippen molar-refractivity contribution in [1.82, 2.24) is 0 Å². The van der Waals surface area contributed by atoms with Gasteiger partial charge in [-0.25, -0.2) is 12.2 Å². The van der Waals surface area contributed by atoms with E-state index in [1.165, 1.54) is 46.9 Å². The van der Waals surface area contributed by atoms with Gasteiger partial charge in [0, 0.05) is 0 Å². The summed E-state index contributed by atoms with van der Waals surface area (Å²) in [5, 5.41) is 2.66. The number of rotatable bonds is 2. The molecular formula is C34H40SiZr-6. The zero-order valence-corrected chi connectivity index (χ0v) is 25.5. The van der Waals surface area contributed by atoms with E-state index in [1.54, 1.807) is 0 Å². The SMILES string of the molecule is [C-]1=CC=CC1.[CH2-]CCC.[CH2-]CCC.[Si]=[Zr].[c-]1ccccc1.[c-]1ccccc1.c1ccc2[cH-]ccc2c1. The molecule has 36 heavy (non-hydrogen) atoms. The predicted molar refractivity (Wildman–Crippen MR) is 158 cm³/mol. The van der Waals surface area contributed by atoms with E-state index in [4.69, 9.17) is 0 Å². The van der Waals surface area contributed by atoms with Crippen LogP contribution in [0.5, 0.6) is 0 Å². The maximum absolute atomic E-state index is 3.60. The van der Waals surface area contributed by atoms with Crippen molar-refractivity contribution in [2.75, 3.05) is 0 Å². The van der Waals surface area contributed by atoms with Crippen LogP contribution in [0.4, 0.5) is 0 Å². The summed E-state index contributed by atoms with van der Waals surface area (Å²) >= 11 is 1.36. The third kappa shape index (κ3) is 26.5. The minimum Gasteiger partial charge on any atom is -0.184 e. The van der Waals surface area contributed by atoms with Gasteiger partial charge in [-0.1, -0.05) is 32.8 Å². The minimum atomic E-state index is 1.01. The molecule has 0 saturated heterocycles.